The van der Waals surface area contributed by atoms with Crippen LogP contribution in [0.15, 0.2) is 17.3 Å². The number of hydrogen-bond acceptors (Lipinski definition) is 6. The molecule has 0 amide bonds. The van der Waals surface area contributed by atoms with Crippen molar-refractivity contribution in [2.45, 2.75) is 32.7 Å². The smallest absolute Gasteiger partial charge is 0.174 e. The molecule has 1 aromatic heterocycles. The van der Waals surface area contributed by atoms with Crippen molar-refractivity contribution in [3.05, 3.63) is 17.0 Å². The fraction of sp³-hybridized carbons (Fsp3) is 0.583. The van der Waals surface area contributed by atoms with E-state index in [1.165, 1.54) is 11.3 Å². The summed E-state index contributed by atoms with van der Waals surface area (Å²) >= 11 is 1.44. The lowest BCUT2D eigenvalue weighted by atomic mass is 10.3. The molecule has 2 heterocycles. The van der Waals surface area contributed by atoms with E-state index in [0.717, 1.165) is 9.94 Å². The minimum Gasteiger partial charge on any atom is -0.481 e. The van der Waals surface area contributed by atoms with Crippen LogP contribution in [0.1, 0.15) is 25.6 Å². The molecule has 1 unspecified atom stereocenters. The molecule has 1 aliphatic heterocycles. The minimum atomic E-state index is -0.519. The van der Waals surface area contributed by atoms with Gasteiger partial charge in [-0.1, -0.05) is 16.5 Å². The average Bonchev–Trinajstić information content (AvgIpc) is 2.92. The molecule has 2 rings (SSSR count). The maximum atomic E-state index is 8.67. The minimum absolute atomic E-state index is 0.0434. The molecular weight excluding hydrogens is 254 g/mol. The molecule has 1 aliphatic rings. The number of oxime groups is 1. The number of ether oxygens (including phenoxy) is 3. The third-order valence-corrected chi connectivity index (χ3v) is 3.67. The third kappa shape index (κ3) is 3.22. The molecule has 1 N–H and O–H groups in total. The first kappa shape index (κ1) is 13.3. The summed E-state index contributed by atoms with van der Waals surface area (Å²) < 4.78 is 16.7. The monoisotopic (exact) mass is 271 g/mol. The molecule has 1 saturated heterocycles. The van der Waals surface area contributed by atoms with Crippen LogP contribution in [0.2, 0.25) is 0 Å². The van der Waals surface area contributed by atoms with Crippen molar-refractivity contribution in [3.8, 4) is 5.06 Å². The summed E-state index contributed by atoms with van der Waals surface area (Å²) in [4.78, 5) is 0.886. The molecule has 5 nitrogen and oxygen atoms in total. The molecule has 1 atom stereocenters. The van der Waals surface area contributed by atoms with E-state index >= 15 is 0 Å². The van der Waals surface area contributed by atoms with Crippen molar-refractivity contribution < 1.29 is 19.4 Å². The molecule has 6 heteroatoms. The summed E-state index contributed by atoms with van der Waals surface area (Å²) in [6.07, 6.45) is -0.0434. The number of thiophene rings is 1. The molecule has 100 valence electrons. The van der Waals surface area contributed by atoms with Crippen LogP contribution < -0.4 is 4.74 Å². The van der Waals surface area contributed by atoms with Gasteiger partial charge < -0.3 is 19.4 Å². The van der Waals surface area contributed by atoms with Crippen molar-refractivity contribution in [2.75, 3.05) is 13.2 Å². The van der Waals surface area contributed by atoms with Gasteiger partial charge in [0.2, 0.25) is 0 Å². The van der Waals surface area contributed by atoms with Gasteiger partial charge in [0.1, 0.15) is 12.7 Å². The van der Waals surface area contributed by atoms with Crippen molar-refractivity contribution in [1.82, 2.24) is 0 Å². The van der Waals surface area contributed by atoms with Crippen molar-refractivity contribution in [3.63, 3.8) is 0 Å². The van der Waals surface area contributed by atoms with E-state index in [1.807, 2.05) is 26.0 Å². The predicted octanol–water partition coefficient (Wildman–Crippen LogP) is 2.48. The Morgan fingerprint density at radius 1 is 1.61 bits per heavy atom. The molecule has 0 saturated carbocycles. The lowest BCUT2D eigenvalue weighted by Gasteiger charge is -2.16. The van der Waals surface area contributed by atoms with Gasteiger partial charge in [0.25, 0.3) is 0 Å². The van der Waals surface area contributed by atoms with E-state index in [0.29, 0.717) is 18.9 Å². The maximum Gasteiger partial charge on any atom is 0.174 e. The second kappa shape index (κ2) is 5.26. The standard InChI is InChI=1S/C12H17NO4S/c1-8(13-14)10-4-5-11(18-10)15-6-9-7-16-12(2,3)17-9/h4-5,9,14H,6-7H2,1-3H3/b13-8-. The van der Waals surface area contributed by atoms with Gasteiger partial charge in [0.15, 0.2) is 10.9 Å². The highest BCUT2D eigenvalue weighted by molar-refractivity contribution is 7.15. The Hall–Kier alpha value is -1.11. The van der Waals surface area contributed by atoms with Crippen LogP contribution in [-0.4, -0.2) is 36.0 Å². The molecule has 0 aliphatic carbocycles. The molecule has 0 spiro atoms. The van der Waals surface area contributed by atoms with Crippen LogP contribution in [-0.2, 0) is 9.47 Å². The Labute approximate surface area is 110 Å². The predicted molar refractivity (Wildman–Crippen MR) is 68.7 cm³/mol. The van der Waals surface area contributed by atoms with E-state index in [9.17, 15) is 0 Å². The molecule has 1 aromatic rings. The highest BCUT2D eigenvalue weighted by Crippen LogP contribution is 2.27. The molecule has 0 radical (unpaired) electrons. The van der Waals surface area contributed by atoms with Gasteiger partial charge in [-0.25, -0.2) is 0 Å². The Balaban J connectivity index is 1.86. The number of rotatable bonds is 4. The number of nitrogens with zero attached hydrogens (tertiary/aromatic N) is 1. The Morgan fingerprint density at radius 3 is 3.00 bits per heavy atom. The van der Waals surface area contributed by atoms with Gasteiger partial charge in [0.05, 0.1) is 17.2 Å². The quantitative estimate of drug-likeness (QED) is 0.519. The zero-order valence-electron chi connectivity index (χ0n) is 10.7. The summed E-state index contributed by atoms with van der Waals surface area (Å²) in [7, 11) is 0. The molecular formula is C12H17NO4S. The Kier molecular flexibility index (Phi) is 3.89. The van der Waals surface area contributed by atoms with Gasteiger partial charge in [-0.15, -0.1) is 0 Å². The van der Waals surface area contributed by atoms with Gasteiger partial charge in [-0.05, 0) is 32.9 Å². The highest BCUT2D eigenvalue weighted by atomic mass is 32.1. The first-order chi connectivity index (χ1) is 8.50. The Bertz CT molecular complexity index is 441. The van der Waals surface area contributed by atoms with E-state index in [1.54, 1.807) is 6.92 Å². The van der Waals surface area contributed by atoms with Gasteiger partial charge in [-0.3, -0.25) is 0 Å². The van der Waals surface area contributed by atoms with Gasteiger partial charge in [0, 0.05) is 0 Å². The normalized spacial score (nSPS) is 23.3. The highest BCUT2D eigenvalue weighted by Gasteiger charge is 2.33. The lowest BCUT2D eigenvalue weighted by Crippen LogP contribution is -2.24. The fourth-order valence-corrected chi connectivity index (χ4v) is 2.47. The van der Waals surface area contributed by atoms with E-state index in [4.69, 9.17) is 19.4 Å². The molecule has 18 heavy (non-hydrogen) atoms. The topological polar surface area (TPSA) is 60.3 Å². The van der Waals surface area contributed by atoms with E-state index < -0.39 is 5.79 Å². The van der Waals surface area contributed by atoms with Crippen molar-refractivity contribution in [1.29, 1.82) is 0 Å². The van der Waals surface area contributed by atoms with E-state index in [-0.39, 0.29) is 6.10 Å². The maximum absolute atomic E-state index is 8.67. The van der Waals surface area contributed by atoms with Crippen molar-refractivity contribution >= 4 is 17.0 Å². The summed E-state index contributed by atoms with van der Waals surface area (Å²) in [5.41, 5.74) is 0.580. The zero-order valence-corrected chi connectivity index (χ0v) is 11.5. The van der Waals surface area contributed by atoms with Crippen LogP contribution in [0.25, 0.3) is 0 Å². The van der Waals surface area contributed by atoms with Crippen LogP contribution >= 0.6 is 11.3 Å². The van der Waals surface area contributed by atoms with Crippen LogP contribution in [0.5, 0.6) is 5.06 Å². The van der Waals surface area contributed by atoms with Crippen LogP contribution in [0, 0.1) is 0 Å². The van der Waals surface area contributed by atoms with Crippen molar-refractivity contribution in [2.24, 2.45) is 5.16 Å². The second-order valence-corrected chi connectivity index (χ2v) is 5.61. The van der Waals surface area contributed by atoms with Crippen LogP contribution in [0.3, 0.4) is 0 Å². The summed E-state index contributed by atoms with van der Waals surface area (Å²) in [5.74, 6) is -0.519. The first-order valence-corrected chi connectivity index (χ1v) is 6.55. The fourth-order valence-electron chi connectivity index (χ4n) is 1.66. The zero-order chi connectivity index (χ0) is 13.2. The lowest BCUT2D eigenvalue weighted by molar-refractivity contribution is -0.141. The molecule has 1 fully saturated rings. The molecule has 0 aromatic carbocycles. The summed E-state index contributed by atoms with van der Waals surface area (Å²) in [5, 5.41) is 12.6. The first-order valence-electron chi connectivity index (χ1n) is 5.73. The summed E-state index contributed by atoms with van der Waals surface area (Å²) in [6.45, 7) is 6.52. The second-order valence-electron chi connectivity index (χ2n) is 4.57. The Morgan fingerprint density at radius 2 is 2.39 bits per heavy atom. The third-order valence-electron chi connectivity index (χ3n) is 2.57. The largest absolute Gasteiger partial charge is 0.481 e. The van der Waals surface area contributed by atoms with Crippen LogP contribution in [0.4, 0.5) is 0 Å². The molecule has 0 bridgehead atoms. The van der Waals surface area contributed by atoms with E-state index in [2.05, 4.69) is 5.16 Å². The SMILES string of the molecule is C/C(=N/O)c1ccc(OCC2COC(C)(C)O2)s1. The van der Waals surface area contributed by atoms with Gasteiger partial charge >= 0.3 is 0 Å². The average molecular weight is 271 g/mol. The summed E-state index contributed by atoms with van der Waals surface area (Å²) in [6, 6.07) is 3.72. The number of hydrogen-bond donors (Lipinski definition) is 1. The van der Waals surface area contributed by atoms with Gasteiger partial charge in [-0.2, -0.15) is 0 Å².